The number of rotatable bonds is 6. The number of ether oxygens (including phenoxy) is 4. The summed E-state index contributed by atoms with van der Waals surface area (Å²) in [6.45, 7) is 1.80. The summed E-state index contributed by atoms with van der Waals surface area (Å²) in [5.41, 5.74) is 0.691. The molecule has 1 unspecified atom stereocenters. The molecule has 1 aliphatic heterocycles. The second-order valence-electron chi connectivity index (χ2n) is 5.98. The third-order valence-electron chi connectivity index (χ3n) is 4.46. The van der Waals surface area contributed by atoms with Gasteiger partial charge in [-0.15, -0.1) is 0 Å². The van der Waals surface area contributed by atoms with Crippen molar-refractivity contribution in [3.8, 4) is 28.7 Å². The number of anilines is 1. The summed E-state index contributed by atoms with van der Waals surface area (Å²) in [7, 11) is 4.57. The number of hydrogen-bond donors (Lipinski definition) is 1. The van der Waals surface area contributed by atoms with Crippen LogP contribution >= 0.6 is 0 Å². The maximum absolute atomic E-state index is 12.7. The zero-order valence-electron chi connectivity index (χ0n) is 15.6. The Hall–Kier alpha value is -3.22. The molecule has 1 amide bonds. The lowest BCUT2D eigenvalue weighted by atomic mass is 9.89. The first-order valence-corrected chi connectivity index (χ1v) is 8.49. The Morgan fingerprint density at radius 1 is 0.889 bits per heavy atom. The average molecular weight is 371 g/mol. The number of carbonyl (C=O) groups is 2. The van der Waals surface area contributed by atoms with E-state index >= 15 is 0 Å². The van der Waals surface area contributed by atoms with E-state index in [-0.39, 0.29) is 11.7 Å². The number of carbonyl (C=O) groups excluding carboxylic acids is 2. The number of benzene rings is 2. The monoisotopic (exact) mass is 371 g/mol. The van der Waals surface area contributed by atoms with Crippen molar-refractivity contribution in [2.45, 2.75) is 13.3 Å². The minimum Gasteiger partial charge on any atom is -0.497 e. The fraction of sp³-hybridized carbons (Fsp3) is 0.300. The van der Waals surface area contributed by atoms with E-state index in [0.29, 0.717) is 46.4 Å². The second kappa shape index (κ2) is 7.57. The van der Waals surface area contributed by atoms with Crippen molar-refractivity contribution in [1.29, 1.82) is 0 Å². The Labute approximate surface area is 157 Å². The number of methoxy groups -OCH3 is 3. The van der Waals surface area contributed by atoms with Gasteiger partial charge in [0.2, 0.25) is 5.91 Å². The summed E-state index contributed by atoms with van der Waals surface area (Å²) in [5, 5.41) is 2.79. The summed E-state index contributed by atoms with van der Waals surface area (Å²) in [6, 6.07) is 8.31. The normalized spacial score (nSPS) is 15.6. The van der Waals surface area contributed by atoms with Gasteiger partial charge < -0.3 is 24.3 Å². The highest BCUT2D eigenvalue weighted by Gasteiger charge is 2.35. The van der Waals surface area contributed by atoms with Gasteiger partial charge in [-0.1, -0.05) is 6.92 Å². The van der Waals surface area contributed by atoms with Gasteiger partial charge in [-0.2, -0.15) is 0 Å². The van der Waals surface area contributed by atoms with E-state index in [9.17, 15) is 9.59 Å². The predicted octanol–water partition coefficient (Wildman–Crippen LogP) is 3.67. The number of Topliss-reactive ketones (excluding diaryl/α,β-unsaturated/α-hetero) is 1. The molecule has 0 spiro atoms. The SMILES string of the molecule is CCC1C(=O)Nc2c(Oc3ccc(OC)cc3OC)cc(OC)cc2C1=O. The van der Waals surface area contributed by atoms with E-state index in [0.717, 1.165) is 0 Å². The average Bonchev–Trinajstić information content (AvgIpc) is 2.69. The lowest BCUT2D eigenvalue weighted by Crippen LogP contribution is -2.35. The molecule has 0 bridgehead atoms. The molecule has 1 atom stereocenters. The summed E-state index contributed by atoms with van der Waals surface area (Å²) >= 11 is 0. The Morgan fingerprint density at radius 3 is 2.22 bits per heavy atom. The molecular weight excluding hydrogens is 350 g/mol. The molecule has 2 aromatic rings. The van der Waals surface area contributed by atoms with Crippen molar-refractivity contribution in [1.82, 2.24) is 0 Å². The quantitative estimate of drug-likeness (QED) is 0.780. The van der Waals surface area contributed by atoms with Crippen LogP contribution in [0.2, 0.25) is 0 Å². The van der Waals surface area contributed by atoms with Crippen molar-refractivity contribution in [2.75, 3.05) is 26.6 Å². The zero-order valence-corrected chi connectivity index (χ0v) is 15.6. The molecule has 0 radical (unpaired) electrons. The molecule has 0 aromatic heterocycles. The standard InChI is InChI=1S/C20H21NO6/c1-5-13-19(22)14-8-12(25-3)10-17(18(14)21-20(13)23)27-15-7-6-11(24-2)9-16(15)26-4/h6-10,13H,5H2,1-4H3,(H,21,23). The van der Waals surface area contributed by atoms with Gasteiger partial charge >= 0.3 is 0 Å². The van der Waals surface area contributed by atoms with Crippen molar-refractivity contribution in [3.05, 3.63) is 35.9 Å². The number of fused-ring (bicyclic) bond motifs is 1. The summed E-state index contributed by atoms with van der Waals surface area (Å²) in [4.78, 5) is 25.0. The Bertz CT molecular complexity index is 892. The third kappa shape index (κ3) is 3.40. The Kier molecular flexibility index (Phi) is 5.21. The summed E-state index contributed by atoms with van der Waals surface area (Å²) < 4.78 is 21.8. The minimum atomic E-state index is -0.715. The molecule has 3 rings (SSSR count). The van der Waals surface area contributed by atoms with Gasteiger partial charge in [0.15, 0.2) is 23.0 Å². The Morgan fingerprint density at radius 2 is 1.59 bits per heavy atom. The van der Waals surface area contributed by atoms with Crippen LogP contribution in [0, 0.1) is 5.92 Å². The van der Waals surface area contributed by atoms with Crippen molar-refractivity contribution >= 4 is 17.4 Å². The molecule has 0 saturated carbocycles. The number of ketones is 1. The number of nitrogens with one attached hydrogen (secondary N) is 1. The van der Waals surface area contributed by atoms with Gasteiger partial charge in [0.05, 0.1) is 27.0 Å². The molecule has 7 nitrogen and oxygen atoms in total. The largest absolute Gasteiger partial charge is 0.497 e. The van der Waals surface area contributed by atoms with Gasteiger partial charge in [-0.05, 0) is 24.6 Å². The molecule has 0 fully saturated rings. The Balaban J connectivity index is 2.08. The summed E-state index contributed by atoms with van der Waals surface area (Å²) in [5.74, 6) is 0.918. The maximum atomic E-state index is 12.7. The maximum Gasteiger partial charge on any atom is 0.235 e. The van der Waals surface area contributed by atoms with Crippen LogP contribution in [-0.2, 0) is 4.79 Å². The highest BCUT2D eigenvalue weighted by atomic mass is 16.5. The van der Waals surface area contributed by atoms with Gasteiger partial charge in [0, 0.05) is 17.7 Å². The van der Waals surface area contributed by atoms with Gasteiger partial charge in [-0.25, -0.2) is 0 Å². The lowest BCUT2D eigenvalue weighted by Gasteiger charge is -2.25. The van der Waals surface area contributed by atoms with E-state index in [2.05, 4.69) is 5.32 Å². The predicted molar refractivity (Wildman–Crippen MR) is 99.4 cm³/mol. The molecule has 27 heavy (non-hydrogen) atoms. The van der Waals surface area contributed by atoms with E-state index in [1.54, 1.807) is 44.4 Å². The van der Waals surface area contributed by atoms with Crippen LogP contribution in [-0.4, -0.2) is 33.0 Å². The topological polar surface area (TPSA) is 83.1 Å². The summed E-state index contributed by atoms with van der Waals surface area (Å²) in [6.07, 6.45) is 0.420. The van der Waals surface area contributed by atoms with E-state index < -0.39 is 5.92 Å². The molecule has 2 aromatic carbocycles. The van der Waals surface area contributed by atoms with Gasteiger partial charge in [0.1, 0.15) is 17.4 Å². The highest BCUT2D eigenvalue weighted by Crippen LogP contribution is 2.43. The second-order valence-corrected chi connectivity index (χ2v) is 5.98. The van der Waals surface area contributed by atoms with Gasteiger partial charge in [-0.3, -0.25) is 9.59 Å². The fourth-order valence-electron chi connectivity index (χ4n) is 2.98. The number of amides is 1. The van der Waals surface area contributed by atoms with Crippen LogP contribution in [0.4, 0.5) is 5.69 Å². The zero-order chi connectivity index (χ0) is 19.6. The van der Waals surface area contributed by atoms with Crippen molar-refractivity contribution in [2.24, 2.45) is 5.92 Å². The lowest BCUT2D eigenvalue weighted by molar-refractivity contribution is -0.118. The molecule has 1 N–H and O–H groups in total. The smallest absolute Gasteiger partial charge is 0.235 e. The molecular formula is C20H21NO6. The molecule has 0 aliphatic carbocycles. The molecule has 7 heteroatoms. The fourth-order valence-corrected chi connectivity index (χ4v) is 2.98. The first-order valence-electron chi connectivity index (χ1n) is 8.49. The first-order chi connectivity index (χ1) is 13.0. The third-order valence-corrected chi connectivity index (χ3v) is 4.46. The van der Waals surface area contributed by atoms with E-state index in [1.807, 2.05) is 0 Å². The molecule has 1 aliphatic rings. The van der Waals surface area contributed by atoms with Crippen LogP contribution < -0.4 is 24.3 Å². The van der Waals surface area contributed by atoms with Crippen molar-refractivity contribution in [3.63, 3.8) is 0 Å². The minimum absolute atomic E-state index is 0.248. The number of hydrogen-bond acceptors (Lipinski definition) is 6. The molecule has 1 heterocycles. The van der Waals surface area contributed by atoms with E-state index in [4.69, 9.17) is 18.9 Å². The molecule has 0 saturated heterocycles. The van der Waals surface area contributed by atoms with Crippen LogP contribution in [0.5, 0.6) is 28.7 Å². The highest BCUT2D eigenvalue weighted by molar-refractivity contribution is 6.21. The van der Waals surface area contributed by atoms with Crippen LogP contribution in [0.25, 0.3) is 0 Å². The molecule has 142 valence electrons. The van der Waals surface area contributed by atoms with Crippen molar-refractivity contribution < 1.29 is 28.5 Å². The van der Waals surface area contributed by atoms with Gasteiger partial charge in [0.25, 0.3) is 0 Å². The van der Waals surface area contributed by atoms with Crippen LogP contribution in [0.15, 0.2) is 30.3 Å². The van der Waals surface area contributed by atoms with Crippen LogP contribution in [0.3, 0.4) is 0 Å². The van der Waals surface area contributed by atoms with E-state index in [1.165, 1.54) is 14.2 Å². The van der Waals surface area contributed by atoms with Crippen LogP contribution in [0.1, 0.15) is 23.7 Å². The first kappa shape index (κ1) is 18.6.